The minimum atomic E-state index is 0.0998. The van der Waals surface area contributed by atoms with Gasteiger partial charge in [0, 0.05) is 38.4 Å². The highest BCUT2D eigenvalue weighted by atomic mass is 16.2. The molecular formula is C20H34N4O. The van der Waals surface area contributed by atoms with Crippen molar-refractivity contribution in [3.63, 3.8) is 0 Å². The van der Waals surface area contributed by atoms with Crippen LogP contribution in [0, 0.1) is 5.92 Å². The number of carbonyl (C=O) groups is 1. The van der Waals surface area contributed by atoms with E-state index >= 15 is 0 Å². The van der Waals surface area contributed by atoms with Crippen LogP contribution in [0.5, 0.6) is 0 Å². The van der Waals surface area contributed by atoms with Gasteiger partial charge in [-0.05, 0) is 44.4 Å². The summed E-state index contributed by atoms with van der Waals surface area (Å²) in [6.07, 6.45) is 5.26. The predicted molar refractivity (Wildman–Crippen MR) is 104 cm³/mol. The first-order valence-electron chi connectivity index (χ1n) is 9.75. The molecule has 140 valence electrons. The molecule has 0 saturated carbocycles. The van der Waals surface area contributed by atoms with Crippen LogP contribution in [0.4, 0.5) is 5.82 Å². The second-order valence-corrected chi connectivity index (χ2v) is 7.51. The fourth-order valence-electron chi connectivity index (χ4n) is 3.27. The van der Waals surface area contributed by atoms with E-state index in [-0.39, 0.29) is 11.9 Å². The van der Waals surface area contributed by atoms with Gasteiger partial charge in [-0.25, -0.2) is 4.98 Å². The maximum Gasteiger partial charge on any atom is 0.257 e. The first kappa shape index (κ1) is 19.7. The lowest BCUT2D eigenvalue weighted by Crippen LogP contribution is -2.54. The van der Waals surface area contributed by atoms with E-state index in [2.05, 4.69) is 42.9 Å². The average molecular weight is 347 g/mol. The number of hydrogen-bond donors (Lipinski definition) is 1. The smallest absolute Gasteiger partial charge is 0.257 e. The molecule has 1 aliphatic heterocycles. The first-order valence-corrected chi connectivity index (χ1v) is 9.75. The highest BCUT2D eigenvalue weighted by Crippen LogP contribution is 2.19. The molecule has 1 N–H and O–H groups in total. The Morgan fingerprint density at radius 3 is 2.88 bits per heavy atom. The van der Waals surface area contributed by atoms with Crippen LogP contribution in [0.2, 0.25) is 0 Å². The third-order valence-corrected chi connectivity index (χ3v) is 4.85. The zero-order valence-electron chi connectivity index (χ0n) is 16.3. The molecule has 5 nitrogen and oxygen atoms in total. The molecule has 0 aliphatic carbocycles. The summed E-state index contributed by atoms with van der Waals surface area (Å²) in [7, 11) is 0. The fraction of sp³-hybridized carbons (Fsp3) is 0.700. The van der Waals surface area contributed by atoms with Gasteiger partial charge in [-0.15, -0.1) is 0 Å². The summed E-state index contributed by atoms with van der Waals surface area (Å²) >= 11 is 0. The molecule has 1 aromatic heterocycles. The van der Waals surface area contributed by atoms with Crippen LogP contribution in [0.15, 0.2) is 18.3 Å². The topological polar surface area (TPSA) is 48.5 Å². The number of anilines is 1. The Morgan fingerprint density at radius 2 is 2.20 bits per heavy atom. The largest absolute Gasteiger partial charge is 0.369 e. The van der Waals surface area contributed by atoms with E-state index in [0.717, 1.165) is 39.1 Å². The zero-order valence-corrected chi connectivity index (χ0v) is 16.3. The molecular weight excluding hydrogens is 312 g/mol. The SMILES string of the molecule is CCCCN1CCN(C(=O)c2cccnc2NCCC(C)C)[C@@H](C)C1. The summed E-state index contributed by atoms with van der Waals surface area (Å²) in [5.74, 6) is 1.45. The number of hydrogen-bond acceptors (Lipinski definition) is 4. The van der Waals surface area contributed by atoms with Crippen LogP contribution < -0.4 is 5.32 Å². The van der Waals surface area contributed by atoms with Crippen LogP contribution in [0.3, 0.4) is 0 Å². The van der Waals surface area contributed by atoms with Crippen LogP contribution in [0.1, 0.15) is 57.3 Å². The van der Waals surface area contributed by atoms with E-state index in [4.69, 9.17) is 0 Å². The maximum atomic E-state index is 13.1. The molecule has 2 rings (SSSR count). The van der Waals surface area contributed by atoms with Gasteiger partial charge in [-0.1, -0.05) is 27.2 Å². The average Bonchev–Trinajstić information content (AvgIpc) is 2.59. The van der Waals surface area contributed by atoms with Gasteiger partial charge >= 0.3 is 0 Å². The molecule has 1 fully saturated rings. The van der Waals surface area contributed by atoms with Crippen LogP contribution in [-0.2, 0) is 0 Å². The maximum absolute atomic E-state index is 13.1. The molecule has 0 aromatic carbocycles. The van der Waals surface area contributed by atoms with Crippen molar-refractivity contribution in [3.05, 3.63) is 23.9 Å². The number of aromatic nitrogens is 1. The highest BCUT2D eigenvalue weighted by molar-refractivity contribution is 5.99. The monoisotopic (exact) mass is 346 g/mol. The van der Waals surface area contributed by atoms with Crippen molar-refractivity contribution in [2.24, 2.45) is 5.92 Å². The molecule has 0 spiro atoms. The Kier molecular flexibility index (Phi) is 7.69. The summed E-state index contributed by atoms with van der Waals surface area (Å²) in [5.41, 5.74) is 0.695. The molecule has 1 aliphatic rings. The summed E-state index contributed by atoms with van der Waals surface area (Å²) < 4.78 is 0. The number of nitrogens with one attached hydrogen (secondary N) is 1. The number of amides is 1. The normalized spacial score (nSPS) is 18.6. The van der Waals surface area contributed by atoms with E-state index < -0.39 is 0 Å². The van der Waals surface area contributed by atoms with Crippen molar-refractivity contribution >= 4 is 11.7 Å². The Bertz CT molecular complexity index is 546. The number of carbonyl (C=O) groups excluding carboxylic acids is 1. The van der Waals surface area contributed by atoms with Gasteiger partial charge in [0.2, 0.25) is 0 Å². The highest BCUT2D eigenvalue weighted by Gasteiger charge is 2.29. The number of unbranched alkanes of at least 4 members (excludes halogenated alkanes) is 1. The van der Waals surface area contributed by atoms with E-state index in [1.165, 1.54) is 12.8 Å². The lowest BCUT2D eigenvalue weighted by molar-refractivity contribution is 0.0488. The minimum absolute atomic E-state index is 0.0998. The number of nitrogens with zero attached hydrogens (tertiary/aromatic N) is 3. The number of rotatable bonds is 8. The van der Waals surface area contributed by atoms with E-state index in [9.17, 15) is 4.79 Å². The van der Waals surface area contributed by atoms with Gasteiger partial charge < -0.3 is 10.2 Å². The number of piperazine rings is 1. The predicted octanol–water partition coefficient (Wildman–Crippen LogP) is 3.49. The van der Waals surface area contributed by atoms with Crippen molar-refractivity contribution < 1.29 is 4.79 Å². The summed E-state index contributed by atoms with van der Waals surface area (Å²) in [6.45, 7) is 13.5. The van der Waals surface area contributed by atoms with Gasteiger partial charge in [-0.3, -0.25) is 9.69 Å². The van der Waals surface area contributed by atoms with Crippen LogP contribution in [-0.4, -0.2) is 59.5 Å². The van der Waals surface area contributed by atoms with Crippen molar-refractivity contribution in [3.8, 4) is 0 Å². The molecule has 1 amide bonds. The second kappa shape index (κ2) is 9.76. The fourth-order valence-corrected chi connectivity index (χ4v) is 3.27. The standard InChI is InChI=1S/C20H34N4O/c1-5-6-12-23-13-14-24(17(4)15-23)20(25)18-8-7-10-21-19(18)22-11-9-16(2)3/h7-8,10,16-17H,5-6,9,11-15H2,1-4H3,(H,21,22)/t17-/m0/s1. The van der Waals surface area contributed by atoms with Gasteiger partial charge in [0.15, 0.2) is 0 Å². The molecule has 5 heteroatoms. The third-order valence-electron chi connectivity index (χ3n) is 4.85. The number of pyridine rings is 1. The summed E-state index contributed by atoms with van der Waals surface area (Å²) in [5, 5.41) is 3.35. The van der Waals surface area contributed by atoms with Crippen LogP contribution in [0.25, 0.3) is 0 Å². The quantitative estimate of drug-likeness (QED) is 0.783. The molecule has 1 aromatic rings. The Labute approximate surface area is 152 Å². The zero-order chi connectivity index (χ0) is 18.2. The summed E-state index contributed by atoms with van der Waals surface area (Å²) in [6, 6.07) is 3.98. The Morgan fingerprint density at radius 1 is 1.40 bits per heavy atom. The second-order valence-electron chi connectivity index (χ2n) is 7.51. The van der Waals surface area contributed by atoms with Gasteiger partial charge in [0.1, 0.15) is 5.82 Å². The van der Waals surface area contributed by atoms with Crippen molar-refractivity contribution in [2.75, 3.05) is 38.0 Å². The first-order chi connectivity index (χ1) is 12.0. The van der Waals surface area contributed by atoms with Crippen LogP contribution >= 0.6 is 0 Å². The Balaban J connectivity index is 2.00. The van der Waals surface area contributed by atoms with Crippen molar-refractivity contribution in [2.45, 2.75) is 53.0 Å². The van der Waals surface area contributed by atoms with E-state index in [0.29, 0.717) is 17.3 Å². The van der Waals surface area contributed by atoms with Gasteiger partial charge in [0.05, 0.1) is 5.56 Å². The van der Waals surface area contributed by atoms with Crippen molar-refractivity contribution in [1.82, 2.24) is 14.8 Å². The van der Waals surface area contributed by atoms with Gasteiger partial charge in [-0.2, -0.15) is 0 Å². The molecule has 0 unspecified atom stereocenters. The molecule has 1 atom stereocenters. The van der Waals surface area contributed by atoms with E-state index in [1.54, 1.807) is 6.20 Å². The lowest BCUT2D eigenvalue weighted by Gasteiger charge is -2.40. The molecule has 0 radical (unpaired) electrons. The molecule has 1 saturated heterocycles. The third kappa shape index (κ3) is 5.70. The Hall–Kier alpha value is -1.62. The molecule has 25 heavy (non-hydrogen) atoms. The summed E-state index contributed by atoms with van der Waals surface area (Å²) in [4.78, 5) is 22.0. The lowest BCUT2D eigenvalue weighted by atomic mass is 10.1. The molecule has 0 bridgehead atoms. The van der Waals surface area contributed by atoms with Gasteiger partial charge in [0.25, 0.3) is 5.91 Å². The van der Waals surface area contributed by atoms with Crippen molar-refractivity contribution in [1.29, 1.82) is 0 Å². The molecule has 2 heterocycles. The minimum Gasteiger partial charge on any atom is -0.369 e. The van der Waals surface area contributed by atoms with E-state index in [1.807, 2.05) is 17.0 Å².